The molecule has 19 heavy (non-hydrogen) atoms. The highest BCUT2D eigenvalue weighted by Crippen LogP contribution is 2.21. The number of hydrogen-bond donors (Lipinski definition) is 2. The third-order valence-electron chi connectivity index (χ3n) is 3.67. The molecule has 2 rings (SSSR count). The quantitative estimate of drug-likeness (QED) is 0.363. The fraction of sp³-hybridized carbons (Fsp3) is 0.538. The van der Waals surface area contributed by atoms with Crippen LogP contribution in [-0.2, 0) is 0 Å². The Morgan fingerprint density at radius 3 is 2.74 bits per heavy atom. The number of amidine groups is 1. The van der Waals surface area contributed by atoms with Crippen LogP contribution in [0.25, 0.3) is 0 Å². The number of nitrogens with two attached hydrogens (primary N) is 1. The van der Waals surface area contributed by atoms with E-state index in [0.29, 0.717) is 11.7 Å². The number of hydrogen-bond acceptors (Lipinski definition) is 5. The largest absolute Gasteiger partial charge is 0.409 e. The summed E-state index contributed by atoms with van der Waals surface area (Å²) in [6, 6.07) is 4.48. The molecule has 0 unspecified atom stereocenters. The summed E-state index contributed by atoms with van der Waals surface area (Å²) >= 11 is 0. The van der Waals surface area contributed by atoms with E-state index in [1.54, 1.807) is 6.20 Å². The number of aromatic nitrogens is 1. The Kier molecular flexibility index (Phi) is 4.21. The van der Waals surface area contributed by atoms with Crippen molar-refractivity contribution in [2.75, 3.05) is 32.1 Å². The van der Waals surface area contributed by atoms with Gasteiger partial charge in [0.2, 0.25) is 0 Å². The highest BCUT2D eigenvalue weighted by atomic mass is 16.4. The lowest BCUT2D eigenvalue weighted by Gasteiger charge is -2.36. The van der Waals surface area contributed by atoms with Crippen molar-refractivity contribution in [2.45, 2.75) is 18.9 Å². The first-order valence-corrected chi connectivity index (χ1v) is 6.47. The van der Waals surface area contributed by atoms with Crippen molar-refractivity contribution in [3.8, 4) is 0 Å². The zero-order chi connectivity index (χ0) is 13.8. The summed E-state index contributed by atoms with van der Waals surface area (Å²) < 4.78 is 0. The molecule has 0 spiro atoms. The van der Waals surface area contributed by atoms with Crippen LogP contribution in [0.3, 0.4) is 0 Å². The lowest BCUT2D eigenvalue weighted by molar-refractivity contribution is 0.249. The molecule has 1 aliphatic rings. The van der Waals surface area contributed by atoms with E-state index in [4.69, 9.17) is 10.9 Å². The van der Waals surface area contributed by atoms with Crippen LogP contribution in [0.5, 0.6) is 0 Å². The summed E-state index contributed by atoms with van der Waals surface area (Å²) in [5.74, 6) is 0.0463. The minimum absolute atomic E-state index is 0.0463. The number of rotatable bonds is 3. The van der Waals surface area contributed by atoms with E-state index in [0.717, 1.165) is 31.6 Å². The molecule has 1 saturated heterocycles. The van der Waals surface area contributed by atoms with Crippen LogP contribution in [0.15, 0.2) is 23.5 Å². The minimum atomic E-state index is 0.0463. The molecule has 1 fully saturated rings. The molecular weight excluding hydrogens is 242 g/mol. The fourth-order valence-corrected chi connectivity index (χ4v) is 2.45. The van der Waals surface area contributed by atoms with Crippen molar-refractivity contribution in [3.05, 3.63) is 24.0 Å². The molecule has 6 nitrogen and oxygen atoms in total. The summed E-state index contributed by atoms with van der Waals surface area (Å²) in [6.07, 6.45) is 3.99. The monoisotopic (exact) mass is 263 g/mol. The van der Waals surface area contributed by atoms with Gasteiger partial charge in [-0.2, -0.15) is 0 Å². The Morgan fingerprint density at radius 2 is 2.16 bits per heavy atom. The second-order valence-corrected chi connectivity index (χ2v) is 5.07. The second kappa shape index (κ2) is 5.88. The number of oxime groups is 1. The van der Waals surface area contributed by atoms with Gasteiger partial charge in [-0.25, -0.2) is 0 Å². The van der Waals surface area contributed by atoms with Gasteiger partial charge in [0, 0.05) is 31.0 Å². The van der Waals surface area contributed by atoms with Crippen LogP contribution in [0.4, 0.5) is 5.69 Å². The van der Waals surface area contributed by atoms with Crippen molar-refractivity contribution < 1.29 is 5.21 Å². The molecule has 0 aliphatic carbocycles. The zero-order valence-electron chi connectivity index (χ0n) is 11.5. The van der Waals surface area contributed by atoms with E-state index in [9.17, 15) is 0 Å². The molecule has 0 atom stereocenters. The lowest BCUT2D eigenvalue weighted by Crippen LogP contribution is -2.42. The van der Waals surface area contributed by atoms with Crippen LogP contribution in [0, 0.1) is 0 Å². The van der Waals surface area contributed by atoms with Gasteiger partial charge in [0.25, 0.3) is 0 Å². The zero-order valence-corrected chi connectivity index (χ0v) is 11.5. The molecule has 1 aromatic rings. The average Bonchev–Trinajstić information content (AvgIpc) is 2.46. The van der Waals surface area contributed by atoms with Gasteiger partial charge in [0.05, 0.1) is 0 Å². The molecule has 0 radical (unpaired) electrons. The molecule has 0 saturated carbocycles. The maximum Gasteiger partial charge on any atom is 0.188 e. The van der Waals surface area contributed by atoms with E-state index in [1.807, 2.05) is 12.1 Å². The third-order valence-corrected chi connectivity index (χ3v) is 3.67. The minimum Gasteiger partial charge on any atom is -0.409 e. The molecular formula is C13H21N5O. The summed E-state index contributed by atoms with van der Waals surface area (Å²) in [6.45, 7) is 2.03. The van der Waals surface area contributed by atoms with Gasteiger partial charge in [-0.3, -0.25) is 4.98 Å². The standard InChI is InChI=1S/C13H21N5O/c1-17(2)10-4-7-18(8-5-10)11-3-6-15-12(9-11)13(14)16-19/h3,6,9-10,19H,4-5,7-8H2,1-2H3,(H2,14,16). The molecule has 0 aromatic carbocycles. The highest BCUT2D eigenvalue weighted by molar-refractivity contribution is 5.95. The van der Waals surface area contributed by atoms with E-state index < -0.39 is 0 Å². The molecule has 1 aliphatic heterocycles. The molecule has 6 heteroatoms. The van der Waals surface area contributed by atoms with Crippen LogP contribution in [0.1, 0.15) is 18.5 Å². The SMILES string of the molecule is CN(C)C1CCN(c2ccnc(C(N)=NO)c2)CC1. The van der Waals surface area contributed by atoms with Gasteiger partial charge in [-0.1, -0.05) is 5.16 Å². The Bertz CT molecular complexity index is 452. The summed E-state index contributed by atoms with van der Waals surface area (Å²) in [7, 11) is 4.26. The van der Waals surface area contributed by atoms with E-state index in [-0.39, 0.29) is 5.84 Å². The van der Waals surface area contributed by atoms with Gasteiger partial charge < -0.3 is 20.7 Å². The Morgan fingerprint density at radius 1 is 1.47 bits per heavy atom. The number of pyridine rings is 1. The molecule has 1 aromatic heterocycles. The van der Waals surface area contributed by atoms with E-state index >= 15 is 0 Å². The molecule has 2 heterocycles. The maximum atomic E-state index is 8.69. The molecule has 3 N–H and O–H groups in total. The van der Waals surface area contributed by atoms with Crippen LogP contribution in [-0.4, -0.2) is 54.2 Å². The maximum absolute atomic E-state index is 8.69. The first-order valence-electron chi connectivity index (χ1n) is 6.47. The number of anilines is 1. The van der Waals surface area contributed by atoms with Gasteiger partial charge in [0.1, 0.15) is 5.69 Å². The third kappa shape index (κ3) is 3.14. The molecule has 104 valence electrons. The summed E-state index contributed by atoms with van der Waals surface area (Å²) in [5, 5.41) is 11.7. The average molecular weight is 263 g/mol. The predicted molar refractivity (Wildman–Crippen MR) is 75.7 cm³/mol. The molecule has 0 bridgehead atoms. The van der Waals surface area contributed by atoms with Crippen molar-refractivity contribution in [3.63, 3.8) is 0 Å². The van der Waals surface area contributed by atoms with Crippen LogP contribution in [0.2, 0.25) is 0 Å². The van der Waals surface area contributed by atoms with E-state index in [1.165, 1.54) is 0 Å². The fourth-order valence-electron chi connectivity index (χ4n) is 2.45. The van der Waals surface area contributed by atoms with Gasteiger partial charge in [-0.15, -0.1) is 0 Å². The molecule has 0 amide bonds. The predicted octanol–water partition coefficient (Wildman–Crippen LogP) is 0.707. The summed E-state index contributed by atoms with van der Waals surface area (Å²) in [5.41, 5.74) is 7.15. The Balaban J connectivity index is 2.07. The van der Waals surface area contributed by atoms with Crippen molar-refractivity contribution >= 4 is 11.5 Å². The highest BCUT2D eigenvalue weighted by Gasteiger charge is 2.21. The smallest absolute Gasteiger partial charge is 0.188 e. The normalized spacial score (nSPS) is 18.1. The van der Waals surface area contributed by atoms with Crippen molar-refractivity contribution in [2.24, 2.45) is 10.9 Å². The van der Waals surface area contributed by atoms with Gasteiger partial charge in [0.15, 0.2) is 5.84 Å². The second-order valence-electron chi connectivity index (χ2n) is 5.07. The van der Waals surface area contributed by atoms with Gasteiger partial charge in [-0.05, 0) is 39.1 Å². The van der Waals surface area contributed by atoms with E-state index in [2.05, 4.69) is 34.0 Å². The first-order chi connectivity index (χ1) is 9.11. The Hall–Kier alpha value is -1.82. The Labute approximate surface area is 113 Å². The first kappa shape index (κ1) is 13.6. The van der Waals surface area contributed by atoms with Crippen LogP contribution < -0.4 is 10.6 Å². The lowest BCUT2D eigenvalue weighted by atomic mass is 10.0. The van der Waals surface area contributed by atoms with Crippen LogP contribution >= 0.6 is 0 Å². The van der Waals surface area contributed by atoms with Crippen molar-refractivity contribution in [1.29, 1.82) is 0 Å². The van der Waals surface area contributed by atoms with Crippen molar-refractivity contribution in [1.82, 2.24) is 9.88 Å². The number of nitrogens with zero attached hydrogens (tertiary/aromatic N) is 4. The topological polar surface area (TPSA) is 78.0 Å². The number of piperidine rings is 1. The summed E-state index contributed by atoms with van der Waals surface area (Å²) in [4.78, 5) is 8.70. The van der Waals surface area contributed by atoms with Gasteiger partial charge >= 0.3 is 0 Å².